The highest BCUT2D eigenvalue weighted by Gasteiger charge is 2.49. The molecule has 2 saturated heterocycles. The SMILES string of the molecule is CC(C)(COc1noc(C(=O)NC2C3CC4CC(C3)CC2C4)c1SC1CCCCC1)C(=O)N1CCC2(CCCNC2)CC1. The van der Waals surface area contributed by atoms with Gasteiger partial charge in [-0.05, 0) is 125 Å². The van der Waals surface area contributed by atoms with Gasteiger partial charge in [-0.2, -0.15) is 0 Å². The predicted octanol–water partition coefficient (Wildman–Crippen LogP) is 6.05. The Morgan fingerprint density at radius 2 is 1.72 bits per heavy atom. The summed E-state index contributed by atoms with van der Waals surface area (Å²) >= 11 is 1.70. The molecule has 0 unspecified atom stereocenters. The summed E-state index contributed by atoms with van der Waals surface area (Å²) in [5.74, 6) is 3.57. The Bertz CT molecular complexity index is 1130. The zero-order chi connectivity index (χ0) is 29.6. The lowest BCUT2D eigenvalue weighted by atomic mass is 9.54. The number of thioether (sulfide) groups is 1. The molecule has 4 bridgehead atoms. The third-order valence-corrected chi connectivity index (χ3v) is 13.4. The van der Waals surface area contributed by atoms with Crippen molar-refractivity contribution in [3.05, 3.63) is 5.76 Å². The Labute approximate surface area is 261 Å². The number of ether oxygens (including phenoxy) is 1. The van der Waals surface area contributed by atoms with E-state index in [0.29, 0.717) is 34.1 Å². The molecule has 1 aromatic heterocycles. The standard InChI is InChI=1S/C34H52N4O4S/c1-33(2,32(40)38-13-10-34(11-14-38)9-6-12-35-20-34)21-41-31-29(43-26-7-4-3-5-8-26)28(42-37-31)30(39)36-27-24-16-22-15-23(18-24)19-25(27)17-22/h22-27,35H,3-21H2,1-2H3,(H,36,39). The maximum Gasteiger partial charge on any atom is 0.291 e. The monoisotopic (exact) mass is 612 g/mol. The van der Waals surface area contributed by atoms with Gasteiger partial charge >= 0.3 is 0 Å². The number of nitrogens with one attached hydrogen (secondary N) is 2. The summed E-state index contributed by atoms with van der Waals surface area (Å²) in [6.07, 6.45) is 17.0. The van der Waals surface area contributed by atoms with Gasteiger partial charge in [0.25, 0.3) is 11.8 Å². The molecule has 5 aliphatic carbocycles. The lowest BCUT2D eigenvalue weighted by Crippen LogP contribution is -2.55. The van der Waals surface area contributed by atoms with E-state index in [9.17, 15) is 9.59 Å². The summed E-state index contributed by atoms with van der Waals surface area (Å²) in [4.78, 5) is 30.2. The maximum absolute atomic E-state index is 13.8. The van der Waals surface area contributed by atoms with E-state index in [1.54, 1.807) is 11.8 Å². The summed E-state index contributed by atoms with van der Waals surface area (Å²) in [5, 5.41) is 11.7. The zero-order valence-corrected chi connectivity index (χ0v) is 27.2. The lowest BCUT2D eigenvalue weighted by Gasteiger charge is -2.54. The van der Waals surface area contributed by atoms with Crippen LogP contribution in [-0.2, 0) is 4.79 Å². The van der Waals surface area contributed by atoms with Crippen LogP contribution in [0, 0.1) is 34.5 Å². The summed E-state index contributed by atoms with van der Waals surface area (Å²) in [6, 6.07) is 0.243. The number of rotatable bonds is 8. The first-order valence-electron chi connectivity index (χ1n) is 17.4. The molecule has 2 amide bonds. The Hall–Kier alpha value is -1.74. The molecule has 2 aliphatic heterocycles. The first kappa shape index (κ1) is 29.9. The fourth-order valence-electron chi connectivity index (χ4n) is 9.71. The minimum atomic E-state index is -0.705. The van der Waals surface area contributed by atoms with E-state index in [2.05, 4.69) is 15.8 Å². The molecule has 8 rings (SSSR count). The van der Waals surface area contributed by atoms with Gasteiger partial charge in [0.2, 0.25) is 11.7 Å². The van der Waals surface area contributed by atoms with E-state index in [-0.39, 0.29) is 24.5 Å². The quantitative estimate of drug-likeness (QED) is 0.369. The van der Waals surface area contributed by atoms with Crippen LogP contribution in [0.2, 0.25) is 0 Å². The molecular formula is C34H52N4O4S. The highest BCUT2D eigenvalue weighted by molar-refractivity contribution is 8.00. The third-order valence-electron chi connectivity index (χ3n) is 12.0. The van der Waals surface area contributed by atoms with Gasteiger partial charge in [-0.15, -0.1) is 11.8 Å². The number of hydrogen-bond acceptors (Lipinski definition) is 7. The lowest BCUT2D eigenvalue weighted by molar-refractivity contribution is -0.144. The molecule has 9 heteroatoms. The van der Waals surface area contributed by atoms with Crippen LogP contribution in [0.1, 0.15) is 114 Å². The van der Waals surface area contributed by atoms with Crippen molar-refractivity contribution in [3.63, 3.8) is 0 Å². The van der Waals surface area contributed by atoms with Crippen molar-refractivity contribution in [2.45, 2.75) is 120 Å². The predicted molar refractivity (Wildman–Crippen MR) is 167 cm³/mol. The van der Waals surface area contributed by atoms with Crippen molar-refractivity contribution in [3.8, 4) is 5.88 Å². The second-order valence-corrected chi connectivity index (χ2v) is 17.0. The average Bonchev–Trinajstić information content (AvgIpc) is 3.41. The molecule has 7 aliphatic rings. The number of amides is 2. The largest absolute Gasteiger partial charge is 0.474 e. The second-order valence-electron chi connectivity index (χ2n) is 15.7. The number of piperidine rings is 2. The van der Waals surface area contributed by atoms with Crippen molar-refractivity contribution in [1.29, 1.82) is 0 Å². The Morgan fingerprint density at radius 1 is 1.02 bits per heavy atom. The van der Waals surface area contributed by atoms with Gasteiger partial charge in [-0.1, -0.05) is 19.3 Å². The first-order chi connectivity index (χ1) is 20.8. The van der Waals surface area contributed by atoms with E-state index in [1.165, 1.54) is 64.2 Å². The molecule has 238 valence electrons. The van der Waals surface area contributed by atoms with Crippen molar-refractivity contribution in [1.82, 2.24) is 20.7 Å². The number of carbonyl (C=O) groups is 2. The summed E-state index contributed by atoms with van der Waals surface area (Å²) in [5.41, 5.74) is -0.348. The Morgan fingerprint density at radius 3 is 2.37 bits per heavy atom. The van der Waals surface area contributed by atoms with Crippen LogP contribution in [-0.4, -0.2) is 65.9 Å². The third kappa shape index (κ3) is 6.23. The number of nitrogens with zero attached hydrogens (tertiary/aromatic N) is 2. The summed E-state index contributed by atoms with van der Waals surface area (Å²) in [6.45, 7) is 7.96. The molecule has 3 heterocycles. The van der Waals surface area contributed by atoms with Gasteiger partial charge in [-0.25, -0.2) is 0 Å². The first-order valence-corrected chi connectivity index (χ1v) is 18.3. The van der Waals surface area contributed by atoms with Gasteiger partial charge in [0, 0.05) is 30.9 Å². The van der Waals surface area contributed by atoms with Crippen LogP contribution in [0.25, 0.3) is 0 Å². The van der Waals surface area contributed by atoms with E-state index in [4.69, 9.17) is 9.26 Å². The number of aromatic nitrogens is 1. The van der Waals surface area contributed by atoms with E-state index in [0.717, 1.165) is 68.6 Å². The fourth-order valence-corrected chi connectivity index (χ4v) is 11.1. The van der Waals surface area contributed by atoms with Gasteiger partial charge in [0.15, 0.2) is 0 Å². The van der Waals surface area contributed by atoms with Gasteiger partial charge in [0.1, 0.15) is 11.5 Å². The fraction of sp³-hybridized carbons (Fsp3) is 0.853. The van der Waals surface area contributed by atoms with Crippen LogP contribution in [0.5, 0.6) is 5.88 Å². The van der Waals surface area contributed by atoms with Crippen molar-refractivity contribution in [2.24, 2.45) is 34.5 Å². The van der Waals surface area contributed by atoms with Crippen LogP contribution in [0.3, 0.4) is 0 Å². The molecule has 0 atom stereocenters. The maximum atomic E-state index is 13.8. The average molecular weight is 613 g/mol. The molecular weight excluding hydrogens is 560 g/mol. The Kier molecular flexibility index (Phi) is 8.51. The van der Waals surface area contributed by atoms with Gasteiger partial charge in [-0.3, -0.25) is 9.59 Å². The minimum absolute atomic E-state index is 0.135. The normalized spacial score (nSPS) is 32.2. The molecule has 0 radical (unpaired) electrons. The molecule has 2 N–H and O–H groups in total. The molecule has 5 saturated carbocycles. The number of hydrogen-bond donors (Lipinski definition) is 2. The molecule has 1 spiro atoms. The smallest absolute Gasteiger partial charge is 0.291 e. The van der Waals surface area contributed by atoms with E-state index >= 15 is 0 Å². The van der Waals surface area contributed by atoms with Crippen LogP contribution < -0.4 is 15.4 Å². The molecule has 1 aromatic rings. The Balaban J connectivity index is 1.02. The summed E-state index contributed by atoms with van der Waals surface area (Å²) < 4.78 is 12.1. The second kappa shape index (κ2) is 12.2. The topological polar surface area (TPSA) is 96.7 Å². The zero-order valence-electron chi connectivity index (χ0n) is 26.3. The highest BCUT2D eigenvalue weighted by Crippen LogP contribution is 2.54. The molecule has 0 aromatic carbocycles. The van der Waals surface area contributed by atoms with Gasteiger partial charge < -0.3 is 24.8 Å². The number of likely N-dealkylation sites (tertiary alicyclic amines) is 1. The van der Waals surface area contributed by atoms with Crippen molar-refractivity contribution < 1.29 is 18.8 Å². The van der Waals surface area contributed by atoms with Crippen molar-refractivity contribution in [2.75, 3.05) is 32.8 Å². The molecule has 43 heavy (non-hydrogen) atoms. The summed E-state index contributed by atoms with van der Waals surface area (Å²) in [7, 11) is 0. The van der Waals surface area contributed by atoms with Crippen LogP contribution in [0.4, 0.5) is 0 Å². The van der Waals surface area contributed by atoms with Crippen LogP contribution in [0.15, 0.2) is 9.42 Å². The van der Waals surface area contributed by atoms with E-state index < -0.39 is 5.41 Å². The van der Waals surface area contributed by atoms with Gasteiger partial charge in [0.05, 0.1) is 5.41 Å². The molecule has 8 nitrogen and oxygen atoms in total. The molecule has 7 fully saturated rings. The van der Waals surface area contributed by atoms with Crippen molar-refractivity contribution >= 4 is 23.6 Å². The van der Waals surface area contributed by atoms with E-state index in [1.807, 2.05) is 18.7 Å². The number of carbonyl (C=O) groups excluding carboxylic acids is 2. The van der Waals surface area contributed by atoms with Crippen LogP contribution >= 0.6 is 11.8 Å². The minimum Gasteiger partial charge on any atom is -0.474 e. The highest BCUT2D eigenvalue weighted by atomic mass is 32.2.